The van der Waals surface area contributed by atoms with E-state index < -0.39 is 11.7 Å². The van der Waals surface area contributed by atoms with Crippen molar-refractivity contribution in [2.45, 2.75) is 51.9 Å². The Morgan fingerprint density at radius 2 is 1.87 bits per heavy atom. The predicted molar refractivity (Wildman–Crippen MR) is 166 cm³/mol. The Balaban J connectivity index is 1.18. The molecule has 1 unspecified atom stereocenters. The quantitative estimate of drug-likeness (QED) is 0.260. The number of nitrogens with one attached hydrogen (secondary N) is 1. The zero-order valence-corrected chi connectivity index (χ0v) is 25.9. The normalized spacial score (nSPS) is 17.6. The second-order valence-corrected chi connectivity index (χ2v) is 11.9. The third-order valence-corrected chi connectivity index (χ3v) is 8.99. The van der Waals surface area contributed by atoms with Crippen LogP contribution in [0, 0.1) is 11.3 Å². The number of halogens is 3. The Bertz CT molecular complexity index is 1770. The van der Waals surface area contributed by atoms with Gasteiger partial charge in [0.15, 0.2) is 0 Å². The molecule has 2 aliphatic rings. The monoisotopic (exact) mass is 631 g/mol. The average molecular weight is 632 g/mol. The number of piperazine rings is 1. The minimum absolute atomic E-state index is 0.0153. The number of likely N-dealkylation sites (N-methyl/N-ethyl adjacent to an activating group) is 1. The van der Waals surface area contributed by atoms with Crippen molar-refractivity contribution >= 4 is 16.9 Å². The Morgan fingerprint density at radius 1 is 1.09 bits per heavy atom. The number of aromatic amines is 1. The maximum atomic E-state index is 14.2. The number of pyridine rings is 2. The predicted octanol–water partition coefficient (Wildman–Crippen LogP) is 5.86. The van der Waals surface area contributed by atoms with E-state index in [1.807, 2.05) is 13.0 Å². The molecule has 0 saturated carbocycles. The molecule has 9 nitrogen and oxygen atoms in total. The van der Waals surface area contributed by atoms with Gasteiger partial charge in [-0.2, -0.15) is 18.4 Å². The minimum atomic E-state index is -4.52. The third-order valence-electron chi connectivity index (χ3n) is 8.99. The first kappa shape index (κ1) is 31.5. The first-order chi connectivity index (χ1) is 22.1. The zero-order valence-electron chi connectivity index (χ0n) is 25.9. The van der Waals surface area contributed by atoms with E-state index in [1.165, 1.54) is 6.07 Å². The first-order valence-corrected chi connectivity index (χ1v) is 15.6. The first-order valence-electron chi connectivity index (χ1n) is 15.6. The summed E-state index contributed by atoms with van der Waals surface area (Å²) in [7, 11) is 0. The lowest BCUT2D eigenvalue weighted by Gasteiger charge is -2.34. The molecule has 5 heterocycles. The number of hydrogen-bond donors (Lipinski definition) is 1. The number of amides is 1. The van der Waals surface area contributed by atoms with Crippen molar-refractivity contribution in [2.75, 3.05) is 39.3 Å². The van der Waals surface area contributed by atoms with Gasteiger partial charge in [-0.25, -0.2) is 4.98 Å². The molecule has 12 heteroatoms. The smallest absolute Gasteiger partial charge is 0.416 e. The summed E-state index contributed by atoms with van der Waals surface area (Å²) in [5.41, 5.74) is 2.51. The molecule has 3 aromatic heterocycles. The average Bonchev–Trinajstić information content (AvgIpc) is 3.49. The number of benzene rings is 1. The van der Waals surface area contributed by atoms with Gasteiger partial charge < -0.3 is 19.5 Å². The van der Waals surface area contributed by atoms with Crippen LogP contribution in [0.2, 0.25) is 0 Å². The Morgan fingerprint density at radius 3 is 2.59 bits per heavy atom. The Hall–Kier alpha value is -4.47. The molecule has 1 atom stereocenters. The fourth-order valence-corrected chi connectivity index (χ4v) is 6.39. The molecule has 4 aromatic rings. The number of nitrogens with zero attached hydrogens (tertiary/aromatic N) is 6. The number of nitriles is 1. The van der Waals surface area contributed by atoms with Gasteiger partial charge in [0.05, 0.1) is 29.3 Å². The van der Waals surface area contributed by atoms with E-state index >= 15 is 0 Å². The second kappa shape index (κ2) is 13.1. The number of alkyl halides is 3. The molecule has 0 radical (unpaired) electrons. The lowest BCUT2D eigenvalue weighted by molar-refractivity contribution is -0.139. The maximum Gasteiger partial charge on any atom is 0.416 e. The number of carbonyl (C=O) groups excluding carboxylic acids is 1. The highest BCUT2D eigenvalue weighted by Crippen LogP contribution is 2.36. The third kappa shape index (κ3) is 6.71. The highest BCUT2D eigenvalue weighted by molar-refractivity contribution is 5.84. The van der Waals surface area contributed by atoms with Crippen LogP contribution in [-0.2, 0) is 30.5 Å². The number of aromatic nitrogens is 3. The van der Waals surface area contributed by atoms with Crippen molar-refractivity contribution in [2.24, 2.45) is 0 Å². The van der Waals surface area contributed by atoms with Crippen molar-refractivity contribution < 1.29 is 22.7 Å². The van der Waals surface area contributed by atoms with E-state index in [0.717, 1.165) is 56.5 Å². The standard InChI is InChI=1S/C34H36F3N7O2/c1-3-23-20-44(21-25-15-27(18-40-32(23)25)46-30-7-8-39-33-28(30)16-26(17-38)41-33)31(45)14-22-5-6-24(29(13-22)34(35,36)37)19-43-11-9-42(4-2)10-12-43/h5-8,13,15-16,18,23H,3-4,9-12,14,19-21H2,1-2H3,(H,39,41). The molecule has 0 spiro atoms. The van der Waals surface area contributed by atoms with Gasteiger partial charge in [-0.15, -0.1) is 0 Å². The maximum absolute atomic E-state index is 14.2. The number of ether oxygens (including phenoxy) is 1. The molecule has 46 heavy (non-hydrogen) atoms. The minimum Gasteiger partial charge on any atom is -0.455 e. The molecule has 1 aromatic carbocycles. The molecular weight excluding hydrogens is 595 g/mol. The summed E-state index contributed by atoms with van der Waals surface area (Å²) in [6.07, 6.45) is -0.672. The van der Waals surface area contributed by atoms with Gasteiger partial charge in [0, 0.05) is 57.9 Å². The fraction of sp³-hybridized carbons (Fsp3) is 0.412. The van der Waals surface area contributed by atoms with Crippen LogP contribution in [0.4, 0.5) is 13.2 Å². The van der Waals surface area contributed by atoms with Gasteiger partial charge in [-0.3, -0.25) is 14.7 Å². The molecule has 1 amide bonds. The van der Waals surface area contributed by atoms with Crippen LogP contribution in [0.5, 0.6) is 11.5 Å². The van der Waals surface area contributed by atoms with E-state index in [0.29, 0.717) is 40.3 Å². The summed E-state index contributed by atoms with van der Waals surface area (Å²) in [5, 5.41) is 9.91. The molecule has 0 aliphatic carbocycles. The second-order valence-electron chi connectivity index (χ2n) is 11.9. The number of rotatable bonds is 8. The lowest BCUT2D eigenvalue weighted by Crippen LogP contribution is -2.45. The van der Waals surface area contributed by atoms with E-state index in [-0.39, 0.29) is 36.9 Å². The fourth-order valence-electron chi connectivity index (χ4n) is 6.39. The van der Waals surface area contributed by atoms with Crippen molar-refractivity contribution in [1.82, 2.24) is 29.7 Å². The summed E-state index contributed by atoms with van der Waals surface area (Å²) in [6, 6.07) is 11.6. The van der Waals surface area contributed by atoms with Crippen molar-refractivity contribution in [3.63, 3.8) is 0 Å². The van der Waals surface area contributed by atoms with Crippen LogP contribution in [0.25, 0.3) is 11.0 Å². The van der Waals surface area contributed by atoms with Crippen LogP contribution >= 0.6 is 0 Å². The number of carbonyl (C=O) groups is 1. The number of H-pyrrole nitrogens is 1. The molecular formula is C34H36F3N7O2. The Labute approximate surface area is 265 Å². The topological polar surface area (TPSA) is 101 Å². The molecule has 2 aliphatic heterocycles. The lowest BCUT2D eigenvalue weighted by atomic mass is 9.92. The van der Waals surface area contributed by atoms with Crippen molar-refractivity contribution in [3.8, 4) is 17.6 Å². The summed E-state index contributed by atoms with van der Waals surface area (Å²) in [5.74, 6) is 0.724. The molecule has 6 rings (SSSR count). The van der Waals surface area contributed by atoms with Gasteiger partial charge in [0.25, 0.3) is 0 Å². The van der Waals surface area contributed by atoms with E-state index in [2.05, 4.69) is 37.7 Å². The summed E-state index contributed by atoms with van der Waals surface area (Å²) >= 11 is 0. The van der Waals surface area contributed by atoms with Crippen LogP contribution < -0.4 is 4.74 Å². The highest BCUT2D eigenvalue weighted by Gasteiger charge is 2.35. The van der Waals surface area contributed by atoms with Gasteiger partial charge in [0.1, 0.15) is 28.9 Å². The van der Waals surface area contributed by atoms with Gasteiger partial charge in [0.2, 0.25) is 5.91 Å². The van der Waals surface area contributed by atoms with Gasteiger partial charge in [-0.1, -0.05) is 26.0 Å². The molecule has 1 N–H and O–H groups in total. The highest BCUT2D eigenvalue weighted by atomic mass is 19.4. The van der Waals surface area contributed by atoms with Gasteiger partial charge in [-0.05, 0) is 53.9 Å². The van der Waals surface area contributed by atoms with Crippen LogP contribution in [0.3, 0.4) is 0 Å². The van der Waals surface area contributed by atoms with E-state index in [9.17, 15) is 23.2 Å². The van der Waals surface area contributed by atoms with Crippen molar-refractivity contribution in [1.29, 1.82) is 5.26 Å². The van der Waals surface area contributed by atoms with Crippen LogP contribution in [-0.4, -0.2) is 74.8 Å². The molecule has 1 saturated heterocycles. The summed E-state index contributed by atoms with van der Waals surface area (Å²) in [4.78, 5) is 31.5. The summed E-state index contributed by atoms with van der Waals surface area (Å²) in [6.45, 7) is 9.13. The number of fused-ring (bicyclic) bond motifs is 2. The molecule has 0 bridgehead atoms. The molecule has 240 valence electrons. The summed E-state index contributed by atoms with van der Waals surface area (Å²) < 4.78 is 48.7. The van der Waals surface area contributed by atoms with E-state index in [1.54, 1.807) is 35.5 Å². The largest absolute Gasteiger partial charge is 0.455 e. The van der Waals surface area contributed by atoms with Crippen LogP contribution in [0.15, 0.2) is 48.8 Å². The van der Waals surface area contributed by atoms with Crippen molar-refractivity contribution in [3.05, 3.63) is 82.4 Å². The van der Waals surface area contributed by atoms with E-state index in [4.69, 9.17) is 4.74 Å². The number of hydrogen-bond acceptors (Lipinski definition) is 7. The van der Waals surface area contributed by atoms with Gasteiger partial charge >= 0.3 is 6.18 Å². The van der Waals surface area contributed by atoms with Crippen LogP contribution in [0.1, 0.15) is 59.8 Å². The SMILES string of the molecule is CCC1CN(C(=O)Cc2ccc(CN3CCN(CC)CC3)c(C(F)(F)F)c2)Cc2cc(Oc3ccnc4[nH]c(C#N)cc34)cnc21. The molecule has 1 fully saturated rings. The Kier molecular flexibility index (Phi) is 8.97. The zero-order chi connectivity index (χ0) is 32.4.